The SMILES string of the molecule is CCc1cccc(C(NC)c2ccncc2F)c1. The topological polar surface area (TPSA) is 24.9 Å². The fraction of sp³-hybridized carbons (Fsp3) is 0.267. The second kappa shape index (κ2) is 5.74. The lowest BCUT2D eigenvalue weighted by molar-refractivity contribution is 0.570. The Hall–Kier alpha value is -1.74. The molecular formula is C15H17FN2. The molecule has 0 bridgehead atoms. The molecule has 94 valence electrons. The number of aryl methyl sites for hydroxylation is 1. The Bertz CT molecular complexity index is 525. The Kier molecular flexibility index (Phi) is 4.05. The molecule has 0 aliphatic carbocycles. The summed E-state index contributed by atoms with van der Waals surface area (Å²) in [5.74, 6) is -0.279. The second-order valence-corrected chi connectivity index (χ2v) is 4.22. The quantitative estimate of drug-likeness (QED) is 0.894. The lowest BCUT2D eigenvalue weighted by atomic mass is 9.97. The van der Waals surface area contributed by atoms with Crippen LogP contribution in [0, 0.1) is 5.82 Å². The Morgan fingerprint density at radius 2 is 2.17 bits per heavy atom. The standard InChI is InChI=1S/C15H17FN2/c1-3-11-5-4-6-12(9-11)15(17-2)13-7-8-18-10-14(13)16/h4-10,15,17H,3H2,1-2H3. The third kappa shape index (κ3) is 2.57. The molecule has 2 nitrogen and oxygen atoms in total. The van der Waals surface area contributed by atoms with E-state index < -0.39 is 0 Å². The molecule has 1 unspecified atom stereocenters. The third-order valence-electron chi connectivity index (χ3n) is 3.10. The molecular weight excluding hydrogens is 227 g/mol. The summed E-state index contributed by atoms with van der Waals surface area (Å²) in [6, 6.07) is 9.80. The molecule has 0 spiro atoms. The van der Waals surface area contributed by atoms with Crippen LogP contribution >= 0.6 is 0 Å². The Labute approximate surface area is 107 Å². The van der Waals surface area contributed by atoms with E-state index in [1.807, 2.05) is 19.2 Å². The highest BCUT2D eigenvalue weighted by Gasteiger charge is 2.15. The first kappa shape index (κ1) is 12.7. The van der Waals surface area contributed by atoms with Crippen molar-refractivity contribution in [1.82, 2.24) is 10.3 Å². The summed E-state index contributed by atoms with van der Waals surface area (Å²) in [6.45, 7) is 2.11. The molecule has 0 fully saturated rings. The van der Waals surface area contributed by atoms with Gasteiger partial charge in [-0.25, -0.2) is 4.39 Å². The zero-order valence-corrected chi connectivity index (χ0v) is 10.7. The van der Waals surface area contributed by atoms with Crippen molar-refractivity contribution in [3.8, 4) is 0 Å². The Morgan fingerprint density at radius 3 is 2.83 bits per heavy atom. The van der Waals surface area contributed by atoms with E-state index in [2.05, 4.69) is 29.4 Å². The summed E-state index contributed by atoms with van der Waals surface area (Å²) in [5.41, 5.74) is 2.95. The van der Waals surface area contributed by atoms with Crippen LogP contribution in [0.4, 0.5) is 4.39 Å². The van der Waals surface area contributed by atoms with Crippen LogP contribution < -0.4 is 5.32 Å². The molecule has 18 heavy (non-hydrogen) atoms. The minimum absolute atomic E-state index is 0.139. The van der Waals surface area contributed by atoms with Crippen molar-refractivity contribution in [2.24, 2.45) is 0 Å². The van der Waals surface area contributed by atoms with Crippen LogP contribution in [0.2, 0.25) is 0 Å². The molecule has 0 aliphatic heterocycles. The predicted octanol–water partition coefficient (Wildman–Crippen LogP) is 3.09. The van der Waals surface area contributed by atoms with Crippen LogP contribution in [0.25, 0.3) is 0 Å². The molecule has 1 heterocycles. The summed E-state index contributed by atoms with van der Waals surface area (Å²) in [5, 5.41) is 3.16. The minimum atomic E-state index is -0.279. The van der Waals surface area contributed by atoms with E-state index in [9.17, 15) is 4.39 Å². The van der Waals surface area contributed by atoms with Gasteiger partial charge in [0.1, 0.15) is 5.82 Å². The number of hydrogen-bond donors (Lipinski definition) is 1. The molecule has 0 radical (unpaired) electrons. The molecule has 0 amide bonds. The molecule has 1 N–H and O–H groups in total. The first-order valence-electron chi connectivity index (χ1n) is 6.11. The van der Waals surface area contributed by atoms with Crippen molar-refractivity contribution in [2.75, 3.05) is 7.05 Å². The van der Waals surface area contributed by atoms with E-state index >= 15 is 0 Å². The highest BCUT2D eigenvalue weighted by molar-refractivity contribution is 5.34. The van der Waals surface area contributed by atoms with Gasteiger partial charge in [-0.1, -0.05) is 31.2 Å². The monoisotopic (exact) mass is 244 g/mol. The van der Waals surface area contributed by atoms with E-state index in [4.69, 9.17) is 0 Å². The van der Waals surface area contributed by atoms with Crippen LogP contribution in [0.5, 0.6) is 0 Å². The van der Waals surface area contributed by atoms with Gasteiger partial charge in [0.15, 0.2) is 0 Å². The lowest BCUT2D eigenvalue weighted by Crippen LogP contribution is -2.19. The van der Waals surface area contributed by atoms with Crippen LogP contribution in [-0.2, 0) is 6.42 Å². The average Bonchev–Trinajstić information content (AvgIpc) is 2.42. The van der Waals surface area contributed by atoms with E-state index in [1.54, 1.807) is 12.3 Å². The molecule has 2 rings (SSSR count). The van der Waals surface area contributed by atoms with E-state index in [-0.39, 0.29) is 11.9 Å². The van der Waals surface area contributed by atoms with Crippen molar-refractivity contribution >= 4 is 0 Å². The van der Waals surface area contributed by atoms with Gasteiger partial charge in [-0.15, -0.1) is 0 Å². The zero-order valence-electron chi connectivity index (χ0n) is 10.7. The molecule has 3 heteroatoms. The number of aromatic nitrogens is 1. The van der Waals surface area contributed by atoms with E-state index in [1.165, 1.54) is 11.8 Å². The Morgan fingerprint density at radius 1 is 1.33 bits per heavy atom. The third-order valence-corrected chi connectivity index (χ3v) is 3.10. The number of nitrogens with zero attached hydrogens (tertiary/aromatic N) is 1. The number of pyridine rings is 1. The molecule has 2 aromatic rings. The normalized spacial score (nSPS) is 12.4. The van der Waals surface area contributed by atoms with Gasteiger partial charge < -0.3 is 5.32 Å². The maximum absolute atomic E-state index is 13.8. The summed E-state index contributed by atoms with van der Waals surface area (Å²) < 4.78 is 13.8. The van der Waals surface area contributed by atoms with Crippen molar-refractivity contribution in [3.63, 3.8) is 0 Å². The van der Waals surface area contributed by atoms with Crippen LogP contribution in [0.15, 0.2) is 42.7 Å². The van der Waals surface area contributed by atoms with Gasteiger partial charge in [-0.3, -0.25) is 4.98 Å². The van der Waals surface area contributed by atoms with Crippen LogP contribution in [0.1, 0.15) is 29.7 Å². The van der Waals surface area contributed by atoms with Gasteiger partial charge in [-0.2, -0.15) is 0 Å². The molecule has 1 aromatic heterocycles. The van der Waals surface area contributed by atoms with Crippen LogP contribution in [-0.4, -0.2) is 12.0 Å². The van der Waals surface area contributed by atoms with E-state index in [0.717, 1.165) is 12.0 Å². The average molecular weight is 244 g/mol. The highest BCUT2D eigenvalue weighted by Crippen LogP contribution is 2.24. The highest BCUT2D eigenvalue weighted by atomic mass is 19.1. The minimum Gasteiger partial charge on any atom is -0.309 e. The predicted molar refractivity (Wildman–Crippen MR) is 70.9 cm³/mol. The van der Waals surface area contributed by atoms with Crippen molar-refractivity contribution in [3.05, 3.63) is 65.2 Å². The van der Waals surface area contributed by atoms with Gasteiger partial charge in [0.25, 0.3) is 0 Å². The maximum Gasteiger partial charge on any atom is 0.146 e. The van der Waals surface area contributed by atoms with Gasteiger partial charge >= 0.3 is 0 Å². The fourth-order valence-electron chi connectivity index (χ4n) is 2.11. The molecule has 0 aliphatic rings. The lowest BCUT2D eigenvalue weighted by Gasteiger charge is -2.18. The number of nitrogens with one attached hydrogen (secondary N) is 1. The van der Waals surface area contributed by atoms with Crippen molar-refractivity contribution in [1.29, 1.82) is 0 Å². The maximum atomic E-state index is 13.8. The fourth-order valence-corrected chi connectivity index (χ4v) is 2.11. The van der Waals surface area contributed by atoms with Gasteiger partial charge in [0.05, 0.1) is 12.2 Å². The van der Waals surface area contributed by atoms with Gasteiger partial charge in [0.2, 0.25) is 0 Å². The molecule has 1 atom stereocenters. The number of rotatable bonds is 4. The Balaban J connectivity index is 2.42. The van der Waals surface area contributed by atoms with Gasteiger partial charge in [0, 0.05) is 11.8 Å². The van der Waals surface area contributed by atoms with E-state index in [0.29, 0.717) is 5.56 Å². The summed E-state index contributed by atoms with van der Waals surface area (Å²) >= 11 is 0. The largest absolute Gasteiger partial charge is 0.309 e. The smallest absolute Gasteiger partial charge is 0.146 e. The summed E-state index contributed by atoms with van der Waals surface area (Å²) in [7, 11) is 1.84. The van der Waals surface area contributed by atoms with Crippen molar-refractivity contribution in [2.45, 2.75) is 19.4 Å². The second-order valence-electron chi connectivity index (χ2n) is 4.22. The molecule has 0 saturated carbocycles. The first-order valence-corrected chi connectivity index (χ1v) is 6.11. The van der Waals surface area contributed by atoms with Gasteiger partial charge in [-0.05, 0) is 30.7 Å². The van der Waals surface area contributed by atoms with Crippen molar-refractivity contribution < 1.29 is 4.39 Å². The first-order chi connectivity index (χ1) is 8.76. The number of hydrogen-bond acceptors (Lipinski definition) is 2. The molecule has 0 saturated heterocycles. The van der Waals surface area contributed by atoms with Crippen LogP contribution in [0.3, 0.4) is 0 Å². The summed E-state index contributed by atoms with van der Waals surface area (Å²) in [6.07, 6.45) is 3.85. The summed E-state index contributed by atoms with van der Waals surface area (Å²) in [4.78, 5) is 3.79. The zero-order chi connectivity index (χ0) is 13.0. The number of halogens is 1. The number of benzene rings is 1. The molecule has 1 aromatic carbocycles.